The summed E-state index contributed by atoms with van der Waals surface area (Å²) in [5.41, 5.74) is 1.20. The lowest BCUT2D eigenvalue weighted by Gasteiger charge is -2.09. The van der Waals surface area contributed by atoms with Gasteiger partial charge in [-0.1, -0.05) is 18.2 Å². The van der Waals surface area contributed by atoms with Crippen LogP contribution in [0.3, 0.4) is 0 Å². The zero-order chi connectivity index (χ0) is 16.8. The van der Waals surface area contributed by atoms with E-state index < -0.39 is 23.9 Å². The minimum atomic E-state index is -1.17. The molecule has 2 aromatic rings. The van der Waals surface area contributed by atoms with Crippen LogP contribution in [0.2, 0.25) is 0 Å². The Morgan fingerprint density at radius 3 is 2.26 bits per heavy atom. The van der Waals surface area contributed by atoms with Gasteiger partial charge < -0.3 is 19.7 Å². The second-order valence-electron chi connectivity index (χ2n) is 4.48. The molecule has 0 aliphatic heterocycles. The van der Waals surface area contributed by atoms with Crippen molar-refractivity contribution in [1.82, 2.24) is 4.73 Å². The molecule has 0 atom stereocenters. The van der Waals surface area contributed by atoms with Gasteiger partial charge in [0.05, 0.1) is 5.56 Å². The molecule has 1 heterocycles. The lowest BCUT2D eigenvalue weighted by Crippen LogP contribution is -2.22. The number of carbonyl (C=O) groups excluding carboxylic acids is 2. The first-order chi connectivity index (χ1) is 11.0. The van der Waals surface area contributed by atoms with Crippen molar-refractivity contribution in [1.29, 1.82) is 0 Å². The van der Waals surface area contributed by atoms with Crippen molar-refractivity contribution in [3.63, 3.8) is 0 Å². The zero-order valence-electron chi connectivity index (χ0n) is 12.3. The first-order valence-corrected chi connectivity index (χ1v) is 6.66. The third-order valence-electron chi connectivity index (χ3n) is 2.86. The van der Waals surface area contributed by atoms with Gasteiger partial charge in [0.25, 0.3) is 0 Å². The van der Waals surface area contributed by atoms with Crippen LogP contribution in [0, 0.1) is 6.92 Å². The molecule has 1 aromatic heterocycles. The molecule has 0 bridgehead atoms. The summed E-state index contributed by atoms with van der Waals surface area (Å²) in [4.78, 5) is 27.7. The molecular formula is C15H15NO7. The van der Waals surface area contributed by atoms with Crippen molar-refractivity contribution in [2.24, 2.45) is 0 Å². The molecule has 2 rings (SSSR count). The fraction of sp³-hybridized carbons (Fsp3) is 0.200. The summed E-state index contributed by atoms with van der Waals surface area (Å²) < 4.78 is 10.1. The van der Waals surface area contributed by atoms with Crippen molar-refractivity contribution in [3.8, 4) is 11.8 Å². The minimum absolute atomic E-state index is 0.161. The number of aromatic nitrogens is 1. The molecule has 0 aliphatic rings. The first kappa shape index (κ1) is 16.2. The normalized spacial score (nSPS) is 10.1. The lowest BCUT2D eigenvalue weighted by atomic mass is 10.1. The van der Waals surface area contributed by atoms with Crippen LogP contribution in [0.5, 0.6) is 11.8 Å². The van der Waals surface area contributed by atoms with Crippen LogP contribution in [0.15, 0.2) is 36.4 Å². The monoisotopic (exact) mass is 321 g/mol. The minimum Gasteiger partial charge on any atom is -0.492 e. The Kier molecular flexibility index (Phi) is 5.08. The van der Waals surface area contributed by atoms with Crippen LogP contribution < -0.4 is 4.84 Å². The van der Waals surface area contributed by atoms with Gasteiger partial charge in [-0.05, 0) is 18.6 Å². The maximum Gasteiger partial charge on any atom is 0.534 e. The summed E-state index contributed by atoms with van der Waals surface area (Å²) in [7, 11) is 0. The molecule has 122 valence electrons. The van der Waals surface area contributed by atoms with Crippen LogP contribution in [0.25, 0.3) is 0 Å². The fourth-order valence-corrected chi connectivity index (χ4v) is 1.74. The Balaban J connectivity index is 1.74. The topological polar surface area (TPSA) is 107 Å². The second-order valence-corrected chi connectivity index (χ2v) is 4.48. The number of hydrogen-bond donors (Lipinski definition) is 2. The van der Waals surface area contributed by atoms with E-state index in [1.54, 1.807) is 31.2 Å². The number of rotatable bonds is 5. The Labute approximate surface area is 131 Å². The summed E-state index contributed by atoms with van der Waals surface area (Å²) in [5.74, 6) is -1.46. The van der Waals surface area contributed by atoms with E-state index in [9.17, 15) is 19.8 Å². The molecule has 0 saturated carbocycles. The van der Waals surface area contributed by atoms with E-state index in [1.807, 2.05) is 0 Å². The molecule has 8 heteroatoms. The maximum atomic E-state index is 11.8. The van der Waals surface area contributed by atoms with E-state index in [0.29, 0.717) is 10.3 Å². The van der Waals surface area contributed by atoms with Gasteiger partial charge in [0.15, 0.2) is 0 Å². The molecule has 0 spiro atoms. The van der Waals surface area contributed by atoms with E-state index in [0.717, 1.165) is 17.7 Å². The average Bonchev–Trinajstić information content (AvgIpc) is 2.83. The summed E-state index contributed by atoms with van der Waals surface area (Å²) in [6.45, 7) is 1.38. The Morgan fingerprint density at radius 1 is 1.00 bits per heavy atom. The smallest absolute Gasteiger partial charge is 0.492 e. The van der Waals surface area contributed by atoms with Crippen molar-refractivity contribution in [3.05, 3.63) is 47.5 Å². The Hall–Kier alpha value is -3.16. The van der Waals surface area contributed by atoms with Gasteiger partial charge in [0, 0.05) is 12.1 Å². The highest BCUT2D eigenvalue weighted by Crippen LogP contribution is 2.18. The number of aromatic hydroxyl groups is 2. The summed E-state index contributed by atoms with van der Waals surface area (Å²) in [5, 5.41) is 18.6. The largest absolute Gasteiger partial charge is 0.534 e. The van der Waals surface area contributed by atoms with Crippen molar-refractivity contribution in [2.75, 3.05) is 13.2 Å². The zero-order valence-corrected chi connectivity index (χ0v) is 12.3. The van der Waals surface area contributed by atoms with Gasteiger partial charge in [0.1, 0.15) is 13.2 Å². The SMILES string of the molecule is Cc1ccccc1C(=O)OCCOC(=O)On1c(O)ccc1O. The Morgan fingerprint density at radius 2 is 1.61 bits per heavy atom. The highest BCUT2D eigenvalue weighted by molar-refractivity contribution is 5.90. The average molecular weight is 321 g/mol. The highest BCUT2D eigenvalue weighted by Gasteiger charge is 2.14. The second kappa shape index (κ2) is 7.21. The van der Waals surface area contributed by atoms with Gasteiger partial charge in [-0.3, -0.25) is 4.84 Å². The van der Waals surface area contributed by atoms with E-state index >= 15 is 0 Å². The maximum absolute atomic E-state index is 11.8. The third-order valence-corrected chi connectivity index (χ3v) is 2.86. The number of benzene rings is 1. The summed E-state index contributed by atoms with van der Waals surface area (Å²) in [6.07, 6.45) is -1.17. The predicted octanol–water partition coefficient (Wildman–Crippen LogP) is 1.63. The molecule has 0 aliphatic carbocycles. The van der Waals surface area contributed by atoms with Crippen LogP contribution in [0.1, 0.15) is 15.9 Å². The number of hydrogen-bond acceptors (Lipinski definition) is 7. The standard InChI is InChI=1S/C15H15NO7/c1-10-4-2-3-5-11(10)14(19)21-8-9-22-15(20)23-16-12(17)6-7-13(16)18/h2-7,17-18H,8-9H2,1H3. The fourth-order valence-electron chi connectivity index (χ4n) is 1.74. The van der Waals surface area contributed by atoms with Crippen LogP contribution >= 0.6 is 0 Å². The van der Waals surface area contributed by atoms with Gasteiger partial charge in [-0.15, -0.1) is 4.73 Å². The third kappa shape index (κ3) is 4.16. The van der Waals surface area contributed by atoms with Gasteiger partial charge in [0.2, 0.25) is 11.8 Å². The van der Waals surface area contributed by atoms with Gasteiger partial charge in [-0.25, -0.2) is 9.59 Å². The molecule has 8 nitrogen and oxygen atoms in total. The Bertz CT molecular complexity index is 688. The number of esters is 1. The molecule has 0 unspecified atom stereocenters. The molecule has 23 heavy (non-hydrogen) atoms. The molecule has 2 N–H and O–H groups in total. The van der Waals surface area contributed by atoms with Crippen molar-refractivity contribution < 1.29 is 34.1 Å². The summed E-state index contributed by atoms with van der Waals surface area (Å²) in [6, 6.07) is 9.19. The van der Waals surface area contributed by atoms with E-state index in [4.69, 9.17) is 4.74 Å². The highest BCUT2D eigenvalue weighted by atomic mass is 16.8. The molecule has 1 aromatic carbocycles. The summed E-state index contributed by atoms with van der Waals surface area (Å²) >= 11 is 0. The molecular weight excluding hydrogens is 306 g/mol. The number of carbonyl (C=O) groups is 2. The molecule has 0 amide bonds. The van der Waals surface area contributed by atoms with Gasteiger partial charge >= 0.3 is 12.1 Å². The quantitative estimate of drug-likeness (QED) is 0.636. The molecule has 0 fully saturated rings. The molecule has 0 radical (unpaired) electrons. The lowest BCUT2D eigenvalue weighted by molar-refractivity contribution is 0.0145. The van der Waals surface area contributed by atoms with Crippen LogP contribution in [-0.4, -0.2) is 40.3 Å². The van der Waals surface area contributed by atoms with Gasteiger partial charge in [-0.2, -0.15) is 0 Å². The van der Waals surface area contributed by atoms with E-state index in [2.05, 4.69) is 9.57 Å². The van der Waals surface area contributed by atoms with E-state index in [1.165, 1.54) is 0 Å². The number of nitrogens with zero attached hydrogens (tertiary/aromatic N) is 1. The van der Waals surface area contributed by atoms with Crippen molar-refractivity contribution in [2.45, 2.75) is 6.92 Å². The number of ether oxygens (including phenoxy) is 2. The molecule has 0 saturated heterocycles. The van der Waals surface area contributed by atoms with E-state index in [-0.39, 0.29) is 13.2 Å². The van der Waals surface area contributed by atoms with Crippen LogP contribution in [0.4, 0.5) is 4.79 Å². The number of aryl methyl sites for hydroxylation is 1. The predicted molar refractivity (Wildman–Crippen MR) is 77.2 cm³/mol. The van der Waals surface area contributed by atoms with Crippen molar-refractivity contribution >= 4 is 12.1 Å². The van der Waals surface area contributed by atoms with Crippen LogP contribution in [-0.2, 0) is 9.47 Å². The first-order valence-electron chi connectivity index (χ1n) is 6.66.